The summed E-state index contributed by atoms with van der Waals surface area (Å²) in [5, 5.41) is 3.91. The van der Waals surface area contributed by atoms with E-state index in [9.17, 15) is 4.79 Å². The maximum atomic E-state index is 12.1. The van der Waals surface area contributed by atoms with Crippen LogP contribution in [-0.2, 0) is 11.2 Å². The van der Waals surface area contributed by atoms with Crippen molar-refractivity contribution in [2.75, 3.05) is 27.4 Å². The van der Waals surface area contributed by atoms with Gasteiger partial charge in [-0.1, -0.05) is 24.3 Å². The molecule has 0 saturated carbocycles. The second kappa shape index (κ2) is 9.60. The highest BCUT2D eigenvalue weighted by Gasteiger charge is 2.07. The van der Waals surface area contributed by atoms with E-state index in [1.807, 2.05) is 48.5 Å². The number of hydrogen-bond donors (Lipinski definition) is 1. The number of carbonyl (C=O) groups is 1. The van der Waals surface area contributed by atoms with Crippen LogP contribution in [0.1, 0.15) is 12.0 Å². The van der Waals surface area contributed by atoms with Gasteiger partial charge in [0, 0.05) is 18.0 Å². The highest BCUT2D eigenvalue weighted by Crippen LogP contribution is 2.28. The quantitative estimate of drug-likeness (QED) is 0.577. The number of benzene rings is 2. The van der Waals surface area contributed by atoms with E-state index >= 15 is 0 Å². The molecule has 1 N–H and O–H groups in total. The minimum Gasteiger partial charge on any atom is -0.493 e. The third-order valence-corrected chi connectivity index (χ3v) is 4.37. The molecule has 0 unspecified atom stereocenters. The van der Waals surface area contributed by atoms with Crippen LogP contribution in [0.15, 0.2) is 54.7 Å². The molecule has 1 heterocycles. The van der Waals surface area contributed by atoms with Crippen LogP contribution in [0, 0.1) is 0 Å². The summed E-state index contributed by atoms with van der Waals surface area (Å²) < 4.78 is 16.3. The van der Waals surface area contributed by atoms with Gasteiger partial charge in [0.1, 0.15) is 17.9 Å². The fraction of sp³-hybridized carbons (Fsp3) is 0.273. The van der Waals surface area contributed by atoms with Crippen molar-refractivity contribution in [1.82, 2.24) is 10.3 Å². The summed E-state index contributed by atoms with van der Waals surface area (Å²) in [7, 11) is 3.20. The average Bonchev–Trinajstić information content (AvgIpc) is 2.75. The molecule has 0 saturated heterocycles. The third-order valence-electron chi connectivity index (χ3n) is 4.37. The number of aromatic nitrogens is 1. The molecule has 6 heteroatoms. The van der Waals surface area contributed by atoms with Gasteiger partial charge in [-0.2, -0.15) is 0 Å². The minimum absolute atomic E-state index is 0.0190. The largest absolute Gasteiger partial charge is 0.493 e. The predicted octanol–water partition coefficient (Wildman–Crippen LogP) is 3.38. The number of fused-ring (bicyclic) bond motifs is 1. The molecular formula is C22H24N2O4. The summed E-state index contributed by atoms with van der Waals surface area (Å²) in [6.45, 7) is 0.825. The van der Waals surface area contributed by atoms with Crippen molar-refractivity contribution in [3.05, 3.63) is 60.3 Å². The van der Waals surface area contributed by atoms with Crippen molar-refractivity contribution in [3.63, 3.8) is 0 Å². The number of hydrogen-bond acceptors (Lipinski definition) is 5. The molecule has 2 aromatic carbocycles. The maximum absolute atomic E-state index is 12.1. The Morgan fingerprint density at radius 3 is 2.64 bits per heavy atom. The van der Waals surface area contributed by atoms with Crippen LogP contribution in [0.25, 0.3) is 10.9 Å². The number of rotatable bonds is 9. The summed E-state index contributed by atoms with van der Waals surface area (Å²) >= 11 is 0. The molecule has 0 aliphatic carbocycles. The molecule has 0 bridgehead atoms. The Bertz CT molecular complexity index is 937. The maximum Gasteiger partial charge on any atom is 0.220 e. The monoisotopic (exact) mass is 380 g/mol. The highest BCUT2D eigenvalue weighted by molar-refractivity contribution is 5.84. The van der Waals surface area contributed by atoms with E-state index in [2.05, 4.69) is 10.3 Å². The summed E-state index contributed by atoms with van der Waals surface area (Å²) in [6, 6.07) is 15.4. The summed E-state index contributed by atoms with van der Waals surface area (Å²) in [4.78, 5) is 16.4. The first-order valence-electron chi connectivity index (χ1n) is 9.15. The van der Waals surface area contributed by atoms with E-state index in [1.165, 1.54) is 0 Å². The number of ether oxygens (including phenoxy) is 3. The number of methoxy groups -OCH3 is 2. The Morgan fingerprint density at radius 2 is 1.82 bits per heavy atom. The zero-order valence-corrected chi connectivity index (χ0v) is 16.1. The van der Waals surface area contributed by atoms with Gasteiger partial charge in [-0.25, -0.2) is 0 Å². The molecule has 6 nitrogen and oxygen atoms in total. The van der Waals surface area contributed by atoms with Crippen LogP contribution in [-0.4, -0.2) is 38.3 Å². The zero-order valence-electron chi connectivity index (χ0n) is 16.1. The average molecular weight is 380 g/mol. The Hall–Kier alpha value is -3.28. The van der Waals surface area contributed by atoms with Crippen molar-refractivity contribution in [2.45, 2.75) is 12.8 Å². The minimum atomic E-state index is -0.0190. The molecule has 3 rings (SSSR count). The van der Waals surface area contributed by atoms with Crippen molar-refractivity contribution in [3.8, 4) is 17.2 Å². The first kappa shape index (κ1) is 19.5. The van der Waals surface area contributed by atoms with Gasteiger partial charge < -0.3 is 19.5 Å². The van der Waals surface area contributed by atoms with E-state index in [4.69, 9.17) is 14.2 Å². The summed E-state index contributed by atoms with van der Waals surface area (Å²) in [5.74, 6) is 2.04. The second-order valence-electron chi connectivity index (χ2n) is 6.22. The van der Waals surface area contributed by atoms with Crippen LogP contribution in [0.3, 0.4) is 0 Å². The normalized spacial score (nSPS) is 10.5. The van der Waals surface area contributed by atoms with Gasteiger partial charge >= 0.3 is 0 Å². The fourth-order valence-corrected chi connectivity index (χ4v) is 2.93. The topological polar surface area (TPSA) is 69.7 Å². The number of nitrogens with one attached hydrogen (secondary N) is 1. The van der Waals surface area contributed by atoms with Gasteiger partial charge in [0.15, 0.2) is 11.5 Å². The predicted molar refractivity (Wildman–Crippen MR) is 108 cm³/mol. The number of nitrogens with zero attached hydrogens (tertiary/aromatic N) is 1. The van der Waals surface area contributed by atoms with E-state index in [0.29, 0.717) is 37.5 Å². The molecule has 0 radical (unpaired) electrons. The van der Waals surface area contributed by atoms with E-state index in [-0.39, 0.29) is 5.91 Å². The van der Waals surface area contributed by atoms with Crippen LogP contribution in [0.2, 0.25) is 0 Å². The van der Waals surface area contributed by atoms with E-state index in [1.54, 1.807) is 20.4 Å². The standard InChI is InChI=1S/C22H24N2O4/c1-26-18-10-8-16(15-20(18)27-2)9-11-21(25)23-13-14-28-19-7-3-5-17-6-4-12-24-22(17)19/h3-8,10,12,15H,9,11,13-14H2,1-2H3,(H,23,25). The first-order chi connectivity index (χ1) is 13.7. The summed E-state index contributed by atoms with van der Waals surface area (Å²) in [5.41, 5.74) is 1.84. The molecular weight excluding hydrogens is 356 g/mol. The van der Waals surface area contributed by atoms with Crippen molar-refractivity contribution >= 4 is 16.8 Å². The van der Waals surface area contributed by atoms with Gasteiger partial charge in [0.2, 0.25) is 5.91 Å². The molecule has 146 valence electrons. The molecule has 1 aromatic heterocycles. The van der Waals surface area contributed by atoms with Crippen LogP contribution in [0.5, 0.6) is 17.2 Å². The van der Waals surface area contributed by atoms with Gasteiger partial charge in [-0.3, -0.25) is 9.78 Å². The lowest BCUT2D eigenvalue weighted by molar-refractivity contribution is -0.121. The number of para-hydroxylation sites is 1. The van der Waals surface area contributed by atoms with Gasteiger partial charge in [-0.05, 0) is 36.2 Å². The van der Waals surface area contributed by atoms with Crippen molar-refractivity contribution < 1.29 is 19.0 Å². The lowest BCUT2D eigenvalue weighted by atomic mass is 10.1. The number of amides is 1. The van der Waals surface area contributed by atoms with Crippen LogP contribution >= 0.6 is 0 Å². The van der Waals surface area contributed by atoms with Crippen LogP contribution in [0.4, 0.5) is 0 Å². The lowest BCUT2D eigenvalue weighted by Crippen LogP contribution is -2.28. The molecule has 0 spiro atoms. The Labute approximate surface area is 164 Å². The molecule has 0 fully saturated rings. The Morgan fingerprint density at radius 1 is 1.00 bits per heavy atom. The number of pyridine rings is 1. The van der Waals surface area contributed by atoms with Crippen molar-refractivity contribution in [2.24, 2.45) is 0 Å². The fourth-order valence-electron chi connectivity index (χ4n) is 2.93. The molecule has 28 heavy (non-hydrogen) atoms. The SMILES string of the molecule is COc1ccc(CCC(=O)NCCOc2cccc3cccnc23)cc1OC. The smallest absolute Gasteiger partial charge is 0.220 e. The molecule has 0 atom stereocenters. The molecule has 3 aromatic rings. The van der Waals surface area contributed by atoms with E-state index in [0.717, 1.165) is 22.2 Å². The first-order valence-corrected chi connectivity index (χ1v) is 9.15. The molecule has 0 aliphatic heterocycles. The lowest BCUT2D eigenvalue weighted by Gasteiger charge is -2.11. The molecule has 1 amide bonds. The van der Waals surface area contributed by atoms with Gasteiger partial charge in [-0.15, -0.1) is 0 Å². The highest BCUT2D eigenvalue weighted by atomic mass is 16.5. The second-order valence-corrected chi connectivity index (χ2v) is 6.22. The van der Waals surface area contributed by atoms with E-state index < -0.39 is 0 Å². The Kier molecular flexibility index (Phi) is 6.68. The summed E-state index contributed by atoms with van der Waals surface area (Å²) in [6.07, 6.45) is 2.76. The van der Waals surface area contributed by atoms with Crippen molar-refractivity contribution in [1.29, 1.82) is 0 Å². The number of aryl methyl sites for hydroxylation is 1. The zero-order chi connectivity index (χ0) is 19.8. The Balaban J connectivity index is 1.43. The number of carbonyl (C=O) groups excluding carboxylic acids is 1. The van der Waals surface area contributed by atoms with Gasteiger partial charge in [0.25, 0.3) is 0 Å². The van der Waals surface area contributed by atoms with Gasteiger partial charge in [0.05, 0.1) is 20.8 Å². The van der Waals surface area contributed by atoms with Crippen LogP contribution < -0.4 is 19.5 Å². The molecule has 0 aliphatic rings. The third kappa shape index (κ3) is 4.91.